The second-order valence-corrected chi connectivity index (χ2v) is 8.45. The molecule has 5 nitrogen and oxygen atoms in total. The SMILES string of the molecule is CCc1ccc(C(NS(=O)(=O)c2c(C)noc2C)c2cccs2)cc1. The molecular formula is C18H20N2O3S2. The van der Waals surface area contributed by atoms with Crippen LogP contribution in [0.25, 0.3) is 0 Å². The van der Waals surface area contributed by atoms with Gasteiger partial charge < -0.3 is 4.52 Å². The summed E-state index contributed by atoms with van der Waals surface area (Å²) in [5.41, 5.74) is 2.47. The third-order valence-electron chi connectivity index (χ3n) is 4.06. The van der Waals surface area contributed by atoms with Crippen LogP contribution in [0.1, 0.15) is 40.4 Å². The zero-order valence-electron chi connectivity index (χ0n) is 14.3. The molecule has 0 aliphatic heterocycles. The molecule has 0 saturated heterocycles. The molecule has 0 aliphatic carbocycles. The van der Waals surface area contributed by atoms with E-state index in [1.165, 1.54) is 16.9 Å². The Bertz CT molecular complexity index is 923. The highest BCUT2D eigenvalue weighted by molar-refractivity contribution is 7.89. The molecule has 132 valence electrons. The Morgan fingerprint density at radius 3 is 2.44 bits per heavy atom. The highest BCUT2D eigenvalue weighted by atomic mass is 32.2. The van der Waals surface area contributed by atoms with Crippen LogP contribution >= 0.6 is 11.3 Å². The Morgan fingerprint density at radius 1 is 1.20 bits per heavy atom. The van der Waals surface area contributed by atoms with Crippen molar-refractivity contribution in [2.45, 2.75) is 38.1 Å². The van der Waals surface area contributed by atoms with Gasteiger partial charge in [0.1, 0.15) is 10.6 Å². The van der Waals surface area contributed by atoms with Crippen LogP contribution in [0.2, 0.25) is 0 Å². The largest absolute Gasteiger partial charge is 0.360 e. The van der Waals surface area contributed by atoms with Gasteiger partial charge in [-0.05, 0) is 42.8 Å². The molecule has 3 aromatic rings. The fraction of sp³-hybridized carbons (Fsp3) is 0.278. The summed E-state index contributed by atoms with van der Waals surface area (Å²) in [5, 5.41) is 5.69. The zero-order chi connectivity index (χ0) is 18.0. The monoisotopic (exact) mass is 376 g/mol. The summed E-state index contributed by atoms with van der Waals surface area (Å²) in [7, 11) is -3.77. The molecule has 0 aliphatic rings. The van der Waals surface area contributed by atoms with Crippen molar-refractivity contribution in [3.63, 3.8) is 0 Å². The van der Waals surface area contributed by atoms with Crippen LogP contribution in [-0.2, 0) is 16.4 Å². The second kappa shape index (κ2) is 7.11. The average molecular weight is 377 g/mol. The molecule has 0 saturated carbocycles. The number of hydrogen-bond acceptors (Lipinski definition) is 5. The normalized spacial score (nSPS) is 13.1. The minimum Gasteiger partial charge on any atom is -0.360 e. The van der Waals surface area contributed by atoms with Gasteiger partial charge in [0.25, 0.3) is 0 Å². The molecule has 0 radical (unpaired) electrons. The van der Waals surface area contributed by atoms with Crippen molar-refractivity contribution in [1.29, 1.82) is 0 Å². The number of rotatable bonds is 6. The third kappa shape index (κ3) is 3.68. The number of thiophene rings is 1. The summed E-state index contributed by atoms with van der Waals surface area (Å²) >= 11 is 1.52. The van der Waals surface area contributed by atoms with Gasteiger partial charge in [0.15, 0.2) is 5.76 Å². The zero-order valence-corrected chi connectivity index (χ0v) is 15.9. The second-order valence-electron chi connectivity index (χ2n) is 5.82. The number of sulfonamides is 1. The smallest absolute Gasteiger partial charge is 0.246 e. The summed E-state index contributed by atoms with van der Waals surface area (Å²) in [5.74, 6) is 0.288. The Kier molecular flexibility index (Phi) is 5.08. The molecule has 1 unspecified atom stereocenters. The molecule has 0 bridgehead atoms. The van der Waals surface area contributed by atoms with E-state index in [1.54, 1.807) is 13.8 Å². The van der Waals surface area contributed by atoms with Crippen LogP contribution in [-0.4, -0.2) is 13.6 Å². The molecule has 0 fully saturated rings. The lowest BCUT2D eigenvalue weighted by Gasteiger charge is -2.18. The van der Waals surface area contributed by atoms with E-state index in [-0.39, 0.29) is 10.7 Å². The molecule has 1 N–H and O–H groups in total. The first kappa shape index (κ1) is 17.8. The standard InChI is InChI=1S/C18H20N2O3S2/c1-4-14-7-9-15(10-8-14)17(16-6-5-11-24-16)20-25(21,22)18-12(2)19-23-13(18)3/h5-11,17,20H,4H2,1-3H3. The molecule has 2 heterocycles. The highest BCUT2D eigenvalue weighted by Gasteiger charge is 2.29. The fourth-order valence-electron chi connectivity index (χ4n) is 2.76. The van der Waals surface area contributed by atoms with E-state index in [0.717, 1.165) is 16.9 Å². The lowest BCUT2D eigenvalue weighted by Crippen LogP contribution is -2.29. The van der Waals surface area contributed by atoms with E-state index in [4.69, 9.17) is 4.52 Å². The van der Waals surface area contributed by atoms with Crippen molar-refractivity contribution in [2.24, 2.45) is 0 Å². The summed E-state index contributed by atoms with van der Waals surface area (Å²) in [4.78, 5) is 1.04. The number of nitrogens with one attached hydrogen (secondary N) is 1. The molecule has 2 aromatic heterocycles. The van der Waals surface area contributed by atoms with Crippen molar-refractivity contribution >= 4 is 21.4 Å². The van der Waals surface area contributed by atoms with Crippen molar-refractivity contribution in [2.75, 3.05) is 0 Å². The van der Waals surface area contributed by atoms with Crippen molar-refractivity contribution < 1.29 is 12.9 Å². The lowest BCUT2D eigenvalue weighted by atomic mass is 10.0. The van der Waals surface area contributed by atoms with Gasteiger partial charge in [0.2, 0.25) is 10.0 Å². The van der Waals surface area contributed by atoms with E-state index in [1.807, 2.05) is 41.8 Å². The summed E-state index contributed by atoms with van der Waals surface area (Å²) in [6.07, 6.45) is 0.939. The molecule has 25 heavy (non-hydrogen) atoms. The minimum atomic E-state index is -3.77. The summed E-state index contributed by atoms with van der Waals surface area (Å²) in [6, 6.07) is 11.4. The van der Waals surface area contributed by atoms with Gasteiger partial charge in [-0.2, -0.15) is 4.72 Å². The van der Waals surface area contributed by atoms with Crippen LogP contribution in [0, 0.1) is 13.8 Å². The van der Waals surface area contributed by atoms with Gasteiger partial charge in [-0.3, -0.25) is 0 Å². The number of aryl methyl sites for hydroxylation is 3. The van der Waals surface area contributed by atoms with E-state index < -0.39 is 16.1 Å². The quantitative estimate of drug-likeness (QED) is 0.706. The van der Waals surface area contributed by atoms with Gasteiger partial charge in [0.05, 0.1) is 6.04 Å². The molecule has 1 aromatic carbocycles. The topological polar surface area (TPSA) is 72.2 Å². The maximum atomic E-state index is 12.9. The van der Waals surface area contributed by atoms with Crippen LogP contribution in [0.4, 0.5) is 0 Å². The molecular weight excluding hydrogens is 356 g/mol. The van der Waals surface area contributed by atoms with E-state index >= 15 is 0 Å². The lowest BCUT2D eigenvalue weighted by molar-refractivity contribution is 0.390. The van der Waals surface area contributed by atoms with Gasteiger partial charge >= 0.3 is 0 Å². The first-order valence-electron chi connectivity index (χ1n) is 8.00. The molecule has 7 heteroatoms. The predicted octanol–water partition coefficient (Wildman–Crippen LogP) is 3.98. The molecule has 3 rings (SSSR count). The number of nitrogens with zero attached hydrogens (tertiary/aromatic N) is 1. The van der Waals surface area contributed by atoms with Crippen LogP contribution in [0.15, 0.2) is 51.2 Å². The van der Waals surface area contributed by atoms with Crippen molar-refractivity contribution in [1.82, 2.24) is 9.88 Å². The summed E-state index contributed by atoms with van der Waals surface area (Å²) in [6.45, 7) is 5.32. The van der Waals surface area contributed by atoms with Crippen LogP contribution in [0.3, 0.4) is 0 Å². The van der Waals surface area contributed by atoms with Crippen LogP contribution in [0.5, 0.6) is 0 Å². The third-order valence-corrected chi connectivity index (χ3v) is 6.66. The first-order valence-corrected chi connectivity index (χ1v) is 10.4. The van der Waals surface area contributed by atoms with Gasteiger partial charge in [-0.15, -0.1) is 11.3 Å². The predicted molar refractivity (Wildman–Crippen MR) is 98.3 cm³/mol. The Morgan fingerprint density at radius 2 is 1.92 bits per heavy atom. The number of hydrogen-bond donors (Lipinski definition) is 1. The van der Waals surface area contributed by atoms with Crippen LogP contribution < -0.4 is 4.72 Å². The van der Waals surface area contributed by atoms with E-state index in [0.29, 0.717) is 5.69 Å². The fourth-order valence-corrected chi connectivity index (χ4v) is 5.17. The molecule has 1 atom stereocenters. The van der Waals surface area contributed by atoms with E-state index in [9.17, 15) is 8.42 Å². The van der Waals surface area contributed by atoms with Gasteiger partial charge in [-0.25, -0.2) is 8.42 Å². The van der Waals surface area contributed by atoms with E-state index in [2.05, 4.69) is 16.8 Å². The number of aromatic nitrogens is 1. The maximum absolute atomic E-state index is 12.9. The Hall–Kier alpha value is -1.96. The van der Waals surface area contributed by atoms with Crippen molar-refractivity contribution in [3.8, 4) is 0 Å². The minimum absolute atomic E-state index is 0.110. The first-order chi connectivity index (χ1) is 11.9. The Balaban J connectivity index is 2.01. The van der Waals surface area contributed by atoms with Gasteiger partial charge in [-0.1, -0.05) is 42.4 Å². The van der Waals surface area contributed by atoms with Crippen molar-refractivity contribution in [3.05, 3.63) is 69.2 Å². The molecule has 0 amide bonds. The summed E-state index contributed by atoms with van der Waals surface area (Å²) < 4.78 is 33.7. The highest BCUT2D eigenvalue weighted by Crippen LogP contribution is 2.29. The number of benzene rings is 1. The Labute approximate surface area is 151 Å². The maximum Gasteiger partial charge on any atom is 0.246 e. The average Bonchev–Trinajstić information content (AvgIpc) is 3.23. The van der Waals surface area contributed by atoms with Gasteiger partial charge in [0, 0.05) is 4.88 Å². The molecule has 0 spiro atoms.